The Morgan fingerprint density at radius 3 is 2.76 bits per heavy atom. The maximum absolute atomic E-state index is 13.7. The van der Waals surface area contributed by atoms with Crippen LogP contribution in [0.1, 0.15) is 18.6 Å². The highest BCUT2D eigenvalue weighted by molar-refractivity contribution is 5.45. The van der Waals surface area contributed by atoms with Gasteiger partial charge < -0.3 is 24.5 Å². The largest absolute Gasteiger partial charge is 0.467 e. The number of hydrogen-bond acceptors (Lipinski definition) is 5. The number of aliphatic hydroxyl groups excluding tert-OH is 1. The van der Waals surface area contributed by atoms with Crippen molar-refractivity contribution in [3.63, 3.8) is 0 Å². The molecule has 0 radical (unpaired) electrons. The molecule has 0 spiro atoms. The summed E-state index contributed by atoms with van der Waals surface area (Å²) in [5.41, 5.74) is 0.562. The van der Waals surface area contributed by atoms with Gasteiger partial charge in [0.2, 0.25) is 0 Å². The number of furan rings is 1. The molecule has 2 aromatic rings. The summed E-state index contributed by atoms with van der Waals surface area (Å²) in [6, 6.07) is 10.7. The Bertz CT molecular complexity index is 627. The molecule has 1 saturated heterocycles. The number of hydrogen-bond donors (Lipinski definition) is 2. The zero-order valence-corrected chi connectivity index (χ0v) is 14.2. The van der Waals surface area contributed by atoms with Crippen LogP contribution in [0.2, 0.25) is 0 Å². The molecule has 6 heteroatoms. The fourth-order valence-corrected chi connectivity index (χ4v) is 3.10. The molecule has 0 bridgehead atoms. The number of rotatable bonds is 8. The molecule has 2 heterocycles. The molecule has 0 saturated carbocycles. The number of nitrogens with one attached hydrogen (secondary N) is 1. The molecule has 25 heavy (non-hydrogen) atoms. The van der Waals surface area contributed by atoms with Crippen LogP contribution in [0.4, 0.5) is 10.1 Å². The molecule has 1 aromatic heterocycles. The van der Waals surface area contributed by atoms with Crippen molar-refractivity contribution in [2.24, 2.45) is 0 Å². The predicted molar refractivity (Wildman–Crippen MR) is 93.9 cm³/mol. The number of halogens is 1. The van der Waals surface area contributed by atoms with Crippen LogP contribution in [0.25, 0.3) is 0 Å². The highest BCUT2D eigenvalue weighted by Gasteiger charge is 2.21. The summed E-state index contributed by atoms with van der Waals surface area (Å²) >= 11 is 0. The molecule has 0 aliphatic carbocycles. The molecule has 1 fully saturated rings. The summed E-state index contributed by atoms with van der Waals surface area (Å²) < 4.78 is 24.3. The lowest BCUT2D eigenvalue weighted by Crippen LogP contribution is -2.43. The van der Waals surface area contributed by atoms with Gasteiger partial charge in [0.05, 0.1) is 24.7 Å². The molecule has 1 atom stereocenters. The molecule has 2 N–H and O–H groups in total. The maximum Gasteiger partial charge on any atom is 0.146 e. The Morgan fingerprint density at radius 2 is 2.04 bits per heavy atom. The Labute approximate surface area is 147 Å². The van der Waals surface area contributed by atoms with Crippen LogP contribution in [0.15, 0.2) is 47.1 Å². The first-order valence-corrected chi connectivity index (χ1v) is 8.72. The third kappa shape index (κ3) is 5.56. The third-order valence-corrected chi connectivity index (χ3v) is 4.42. The Balaban J connectivity index is 1.34. The minimum Gasteiger partial charge on any atom is -0.467 e. The second-order valence-electron chi connectivity index (χ2n) is 6.45. The lowest BCUT2D eigenvalue weighted by atomic mass is 10.0. The van der Waals surface area contributed by atoms with Gasteiger partial charge in [0, 0.05) is 25.7 Å². The van der Waals surface area contributed by atoms with E-state index in [0.717, 1.165) is 31.7 Å². The number of benzene rings is 1. The Kier molecular flexibility index (Phi) is 6.44. The van der Waals surface area contributed by atoms with Crippen molar-refractivity contribution in [3.8, 4) is 0 Å². The number of para-hydroxylation sites is 1. The number of ether oxygens (including phenoxy) is 1. The number of β-amino-alcohol motifs (C(OH)–C–C–N with tert-alkyl or cyclic N) is 1. The minimum atomic E-state index is -0.522. The molecule has 1 aliphatic rings. The first-order valence-electron chi connectivity index (χ1n) is 8.72. The topological polar surface area (TPSA) is 57.9 Å². The maximum atomic E-state index is 13.7. The first kappa shape index (κ1) is 17.9. The van der Waals surface area contributed by atoms with Gasteiger partial charge in [0.1, 0.15) is 18.2 Å². The van der Waals surface area contributed by atoms with Gasteiger partial charge in [-0.05, 0) is 37.1 Å². The molecule has 1 aliphatic heterocycles. The Morgan fingerprint density at radius 1 is 1.24 bits per heavy atom. The molecule has 0 unspecified atom stereocenters. The van der Waals surface area contributed by atoms with Crippen LogP contribution < -0.4 is 5.32 Å². The van der Waals surface area contributed by atoms with Crippen LogP contribution in [0.5, 0.6) is 0 Å². The van der Waals surface area contributed by atoms with E-state index in [-0.39, 0.29) is 18.5 Å². The van der Waals surface area contributed by atoms with E-state index in [0.29, 0.717) is 18.8 Å². The van der Waals surface area contributed by atoms with Crippen LogP contribution in [-0.4, -0.2) is 48.4 Å². The number of likely N-dealkylation sites (tertiary alicyclic amines) is 1. The zero-order chi connectivity index (χ0) is 17.5. The van der Waals surface area contributed by atoms with Crippen molar-refractivity contribution in [3.05, 3.63) is 54.2 Å². The average Bonchev–Trinajstić information content (AvgIpc) is 3.12. The number of piperidine rings is 1. The fourth-order valence-electron chi connectivity index (χ4n) is 3.10. The smallest absolute Gasteiger partial charge is 0.146 e. The fraction of sp³-hybridized carbons (Fsp3) is 0.474. The summed E-state index contributed by atoms with van der Waals surface area (Å²) in [6.07, 6.45) is 2.93. The van der Waals surface area contributed by atoms with Crippen LogP contribution in [0.3, 0.4) is 0 Å². The lowest BCUT2D eigenvalue weighted by molar-refractivity contribution is 0.00213. The zero-order valence-electron chi connectivity index (χ0n) is 14.2. The Hall–Kier alpha value is -1.89. The van der Waals surface area contributed by atoms with E-state index in [1.165, 1.54) is 6.07 Å². The molecule has 136 valence electrons. The summed E-state index contributed by atoms with van der Waals surface area (Å²) in [5.74, 6) is 0.543. The SMILES string of the molecule is O[C@H](COCc1ccco1)CN1CCC(Nc2ccccc2F)CC1. The highest BCUT2D eigenvalue weighted by Crippen LogP contribution is 2.19. The van der Waals surface area contributed by atoms with Crippen LogP contribution in [0, 0.1) is 5.82 Å². The van der Waals surface area contributed by atoms with Gasteiger partial charge in [-0.15, -0.1) is 0 Å². The van der Waals surface area contributed by atoms with E-state index in [1.54, 1.807) is 18.4 Å². The van der Waals surface area contributed by atoms with E-state index >= 15 is 0 Å². The van der Waals surface area contributed by atoms with Crippen LogP contribution in [-0.2, 0) is 11.3 Å². The van der Waals surface area contributed by atoms with E-state index in [4.69, 9.17) is 9.15 Å². The van der Waals surface area contributed by atoms with Crippen LogP contribution >= 0.6 is 0 Å². The van der Waals surface area contributed by atoms with Gasteiger partial charge in [0.25, 0.3) is 0 Å². The number of aliphatic hydroxyl groups is 1. The summed E-state index contributed by atoms with van der Waals surface area (Å²) in [6.45, 7) is 3.00. The van der Waals surface area contributed by atoms with E-state index < -0.39 is 6.10 Å². The van der Waals surface area contributed by atoms with E-state index in [2.05, 4.69) is 10.2 Å². The van der Waals surface area contributed by atoms with Crippen molar-refractivity contribution in [2.45, 2.75) is 31.6 Å². The first-order chi connectivity index (χ1) is 12.2. The van der Waals surface area contributed by atoms with Gasteiger partial charge in [-0.3, -0.25) is 0 Å². The van der Waals surface area contributed by atoms with Crippen molar-refractivity contribution in [1.29, 1.82) is 0 Å². The molecule has 1 aromatic carbocycles. The van der Waals surface area contributed by atoms with Gasteiger partial charge >= 0.3 is 0 Å². The van der Waals surface area contributed by atoms with Crippen molar-refractivity contribution < 1.29 is 18.7 Å². The lowest BCUT2D eigenvalue weighted by Gasteiger charge is -2.33. The normalized spacial score (nSPS) is 17.5. The number of anilines is 1. The summed E-state index contributed by atoms with van der Waals surface area (Å²) in [5, 5.41) is 13.4. The molecule has 5 nitrogen and oxygen atoms in total. The van der Waals surface area contributed by atoms with Gasteiger partial charge in [-0.2, -0.15) is 0 Å². The van der Waals surface area contributed by atoms with Gasteiger partial charge in [-0.1, -0.05) is 12.1 Å². The standard InChI is InChI=1S/C19H25FN2O3/c20-18-5-1-2-6-19(18)21-15-7-9-22(10-8-15)12-16(23)13-24-14-17-4-3-11-25-17/h1-6,11,15-16,21,23H,7-10,12-14H2/t16-/m0/s1. The highest BCUT2D eigenvalue weighted by atomic mass is 19.1. The predicted octanol–water partition coefficient (Wildman–Crippen LogP) is 2.87. The van der Waals surface area contributed by atoms with E-state index in [1.807, 2.05) is 18.2 Å². The molecular weight excluding hydrogens is 323 g/mol. The second-order valence-corrected chi connectivity index (χ2v) is 6.45. The summed E-state index contributed by atoms with van der Waals surface area (Å²) in [7, 11) is 0. The molecule has 0 amide bonds. The van der Waals surface area contributed by atoms with Crippen molar-refractivity contribution in [2.75, 3.05) is 31.6 Å². The van der Waals surface area contributed by atoms with Crippen molar-refractivity contribution in [1.82, 2.24) is 4.90 Å². The molecular formula is C19H25FN2O3. The molecule has 3 rings (SSSR count). The van der Waals surface area contributed by atoms with E-state index in [9.17, 15) is 9.50 Å². The summed E-state index contributed by atoms with van der Waals surface area (Å²) in [4.78, 5) is 2.22. The minimum absolute atomic E-state index is 0.214. The van der Waals surface area contributed by atoms with Gasteiger partial charge in [0.15, 0.2) is 0 Å². The third-order valence-electron chi connectivity index (χ3n) is 4.42. The quantitative estimate of drug-likeness (QED) is 0.768. The van der Waals surface area contributed by atoms with Gasteiger partial charge in [-0.25, -0.2) is 4.39 Å². The number of nitrogens with zero attached hydrogens (tertiary/aromatic N) is 1. The average molecular weight is 348 g/mol. The second kappa shape index (κ2) is 8.99. The van der Waals surface area contributed by atoms with Crippen molar-refractivity contribution >= 4 is 5.69 Å². The monoisotopic (exact) mass is 348 g/mol.